The van der Waals surface area contributed by atoms with Crippen LogP contribution in [-0.4, -0.2) is 22.5 Å². The van der Waals surface area contributed by atoms with Crippen LogP contribution in [-0.2, 0) is 4.79 Å². The maximum Gasteiger partial charge on any atom is 0.172 e. The van der Waals surface area contributed by atoms with E-state index < -0.39 is 6.10 Å². The third-order valence-corrected chi connectivity index (χ3v) is 2.81. The first kappa shape index (κ1) is 13.7. The van der Waals surface area contributed by atoms with E-state index in [0.29, 0.717) is 11.4 Å². The van der Waals surface area contributed by atoms with Crippen molar-refractivity contribution in [1.29, 1.82) is 0 Å². The predicted molar refractivity (Wildman–Crippen MR) is 68.8 cm³/mol. The van der Waals surface area contributed by atoms with Crippen LogP contribution in [0.4, 0.5) is 0 Å². The molecule has 0 spiro atoms. The van der Waals surface area contributed by atoms with E-state index in [1.165, 1.54) is 6.92 Å². The molecule has 0 amide bonds. The largest absolute Gasteiger partial charge is 0.481 e. The first-order valence-electron chi connectivity index (χ1n) is 4.58. The molecule has 0 saturated carbocycles. The lowest BCUT2D eigenvalue weighted by atomic mass is 10.2. The van der Waals surface area contributed by atoms with Crippen molar-refractivity contribution in [3.05, 3.63) is 20.5 Å². The highest BCUT2D eigenvalue weighted by Gasteiger charge is 2.13. The standard InChI is InChI=1S/C10H11ClINO3/c1-5(14)4-16-9-7(12)3-8(6(2)15)13-10(9)11/h3,6,15H,4H2,1-2H3. The van der Waals surface area contributed by atoms with E-state index in [1.54, 1.807) is 13.0 Å². The minimum atomic E-state index is -0.687. The van der Waals surface area contributed by atoms with Gasteiger partial charge in [0, 0.05) is 0 Å². The number of aliphatic hydroxyl groups is 1. The first-order valence-corrected chi connectivity index (χ1v) is 6.03. The number of ether oxygens (including phenoxy) is 1. The van der Waals surface area contributed by atoms with Gasteiger partial charge >= 0.3 is 0 Å². The molecule has 0 aliphatic heterocycles. The van der Waals surface area contributed by atoms with E-state index in [0.717, 1.165) is 3.57 Å². The van der Waals surface area contributed by atoms with Crippen LogP contribution in [0.25, 0.3) is 0 Å². The normalized spacial score (nSPS) is 12.3. The maximum atomic E-state index is 10.8. The van der Waals surface area contributed by atoms with Crippen molar-refractivity contribution < 1.29 is 14.6 Å². The molecule has 1 heterocycles. The van der Waals surface area contributed by atoms with Gasteiger partial charge in [-0.3, -0.25) is 4.79 Å². The molecule has 6 heteroatoms. The van der Waals surface area contributed by atoms with Gasteiger partial charge < -0.3 is 9.84 Å². The highest BCUT2D eigenvalue weighted by Crippen LogP contribution is 2.30. The lowest BCUT2D eigenvalue weighted by Gasteiger charge is -2.11. The monoisotopic (exact) mass is 355 g/mol. The van der Waals surface area contributed by atoms with Crippen molar-refractivity contribution >= 4 is 40.0 Å². The number of hydrogen-bond donors (Lipinski definition) is 1. The summed E-state index contributed by atoms with van der Waals surface area (Å²) >= 11 is 7.92. The fourth-order valence-corrected chi connectivity index (χ4v) is 2.15. The van der Waals surface area contributed by atoms with Gasteiger partial charge in [0.15, 0.2) is 16.7 Å². The Kier molecular flexibility index (Phi) is 4.94. The van der Waals surface area contributed by atoms with Crippen LogP contribution in [0.1, 0.15) is 25.6 Å². The summed E-state index contributed by atoms with van der Waals surface area (Å²) in [6.45, 7) is 2.99. The molecule has 0 aromatic carbocycles. The van der Waals surface area contributed by atoms with E-state index in [1.807, 2.05) is 22.6 Å². The Hall–Kier alpha value is -0.400. The van der Waals surface area contributed by atoms with Crippen LogP contribution in [0, 0.1) is 3.57 Å². The van der Waals surface area contributed by atoms with Gasteiger partial charge in [-0.15, -0.1) is 0 Å². The van der Waals surface area contributed by atoms with Gasteiger partial charge in [-0.25, -0.2) is 4.98 Å². The Labute approximate surface area is 112 Å². The summed E-state index contributed by atoms with van der Waals surface area (Å²) in [5.74, 6) is 0.285. The molecular weight excluding hydrogens is 344 g/mol. The van der Waals surface area contributed by atoms with Gasteiger partial charge in [0.05, 0.1) is 15.4 Å². The van der Waals surface area contributed by atoms with Gasteiger partial charge in [-0.2, -0.15) is 0 Å². The summed E-state index contributed by atoms with van der Waals surface area (Å²) in [5.41, 5.74) is 0.476. The molecule has 1 atom stereocenters. The van der Waals surface area contributed by atoms with Crippen LogP contribution < -0.4 is 4.74 Å². The van der Waals surface area contributed by atoms with Crippen LogP contribution in [0.5, 0.6) is 5.75 Å². The summed E-state index contributed by atoms with van der Waals surface area (Å²) in [5, 5.41) is 9.52. The molecule has 1 rings (SSSR count). The second-order valence-electron chi connectivity index (χ2n) is 3.32. The Balaban J connectivity index is 2.98. The van der Waals surface area contributed by atoms with Crippen LogP contribution in [0.2, 0.25) is 5.15 Å². The maximum absolute atomic E-state index is 10.8. The van der Waals surface area contributed by atoms with Gasteiger partial charge in [0.2, 0.25) is 0 Å². The number of carbonyl (C=O) groups is 1. The number of aliphatic hydroxyl groups excluding tert-OH is 1. The van der Waals surface area contributed by atoms with Crippen molar-refractivity contribution in [3.8, 4) is 5.75 Å². The summed E-state index contributed by atoms with van der Waals surface area (Å²) < 4.78 is 5.95. The third-order valence-electron chi connectivity index (χ3n) is 1.75. The molecule has 4 nitrogen and oxygen atoms in total. The average Bonchev–Trinajstić information content (AvgIpc) is 2.15. The van der Waals surface area contributed by atoms with E-state index >= 15 is 0 Å². The number of carbonyl (C=O) groups excluding carboxylic acids is 1. The summed E-state index contributed by atoms with van der Waals surface area (Å²) in [6, 6.07) is 1.67. The number of aromatic nitrogens is 1. The van der Waals surface area contributed by atoms with Crippen molar-refractivity contribution in [3.63, 3.8) is 0 Å². The number of hydrogen-bond acceptors (Lipinski definition) is 4. The number of nitrogens with zero attached hydrogens (tertiary/aromatic N) is 1. The quantitative estimate of drug-likeness (QED) is 0.665. The number of pyridine rings is 1. The van der Waals surface area contributed by atoms with Crippen molar-refractivity contribution in [1.82, 2.24) is 4.98 Å². The topological polar surface area (TPSA) is 59.4 Å². The van der Waals surface area contributed by atoms with Crippen molar-refractivity contribution in [2.24, 2.45) is 0 Å². The highest BCUT2D eigenvalue weighted by molar-refractivity contribution is 14.1. The lowest BCUT2D eigenvalue weighted by molar-refractivity contribution is -0.118. The fraction of sp³-hybridized carbons (Fsp3) is 0.400. The molecule has 88 valence electrons. The minimum Gasteiger partial charge on any atom is -0.481 e. The smallest absolute Gasteiger partial charge is 0.172 e. The molecule has 0 aliphatic rings. The van der Waals surface area contributed by atoms with Gasteiger partial charge in [0.1, 0.15) is 6.61 Å². The van der Waals surface area contributed by atoms with E-state index in [2.05, 4.69) is 4.98 Å². The van der Waals surface area contributed by atoms with Crippen LogP contribution in [0.3, 0.4) is 0 Å². The molecule has 1 aromatic rings. The SMILES string of the molecule is CC(=O)COc1c(I)cc(C(C)O)nc1Cl. The Morgan fingerprint density at radius 3 is 2.81 bits per heavy atom. The van der Waals surface area contributed by atoms with Gasteiger partial charge in [-0.05, 0) is 42.5 Å². The average molecular weight is 356 g/mol. The zero-order valence-electron chi connectivity index (χ0n) is 8.83. The summed E-state index contributed by atoms with van der Waals surface area (Å²) in [7, 11) is 0. The second-order valence-corrected chi connectivity index (χ2v) is 4.84. The number of halogens is 2. The summed E-state index contributed by atoms with van der Waals surface area (Å²) in [4.78, 5) is 14.8. The molecule has 0 bridgehead atoms. The molecule has 0 radical (unpaired) electrons. The van der Waals surface area contributed by atoms with Gasteiger partial charge in [-0.1, -0.05) is 11.6 Å². The molecule has 1 aromatic heterocycles. The van der Waals surface area contributed by atoms with E-state index in [-0.39, 0.29) is 17.5 Å². The van der Waals surface area contributed by atoms with Gasteiger partial charge in [0.25, 0.3) is 0 Å². The molecule has 0 saturated heterocycles. The molecule has 0 fully saturated rings. The third kappa shape index (κ3) is 3.57. The van der Waals surface area contributed by atoms with Crippen molar-refractivity contribution in [2.75, 3.05) is 6.61 Å². The van der Waals surface area contributed by atoms with Crippen molar-refractivity contribution in [2.45, 2.75) is 20.0 Å². The molecule has 16 heavy (non-hydrogen) atoms. The Bertz CT molecular complexity index is 386. The first-order chi connectivity index (χ1) is 7.41. The number of ketones is 1. The van der Waals surface area contributed by atoms with Crippen LogP contribution >= 0.6 is 34.2 Å². The molecular formula is C10H11ClINO3. The Morgan fingerprint density at radius 2 is 2.38 bits per heavy atom. The van der Waals surface area contributed by atoms with E-state index in [9.17, 15) is 9.90 Å². The molecule has 1 unspecified atom stereocenters. The van der Waals surface area contributed by atoms with E-state index in [4.69, 9.17) is 16.3 Å². The zero-order valence-corrected chi connectivity index (χ0v) is 11.7. The Morgan fingerprint density at radius 1 is 1.75 bits per heavy atom. The second kappa shape index (κ2) is 5.79. The lowest BCUT2D eigenvalue weighted by Crippen LogP contribution is -2.09. The van der Waals surface area contributed by atoms with Crippen LogP contribution in [0.15, 0.2) is 6.07 Å². The molecule has 0 aliphatic carbocycles. The summed E-state index contributed by atoms with van der Waals surface area (Å²) in [6.07, 6.45) is -0.687. The zero-order chi connectivity index (χ0) is 12.3. The fourth-order valence-electron chi connectivity index (χ4n) is 1.01. The number of Topliss-reactive ketones (excluding diaryl/α,β-unsaturated/α-hetero) is 1. The molecule has 1 N–H and O–H groups in total. The minimum absolute atomic E-state index is 0.0363. The highest BCUT2D eigenvalue weighted by atomic mass is 127. The number of rotatable bonds is 4. The predicted octanol–water partition coefficient (Wildman–Crippen LogP) is 2.36.